The lowest BCUT2D eigenvalue weighted by molar-refractivity contribution is -0.269. The van der Waals surface area contributed by atoms with Crippen LogP contribution in [0.2, 0.25) is 10.0 Å². The molecule has 0 saturated carbocycles. The summed E-state index contributed by atoms with van der Waals surface area (Å²) in [5, 5.41) is 2.35. The molecule has 0 saturated heterocycles. The van der Waals surface area contributed by atoms with Crippen molar-refractivity contribution >= 4 is 40.5 Å². The Labute approximate surface area is 206 Å². The number of nitrogens with one attached hydrogen (secondary N) is 2. The van der Waals surface area contributed by atoms with Gasteiger partial charge in [0.25, 0.3) is 5.91 Å². The average molecular weight is 529 g/mol. The molecule has 1 heterocycles. The summed E-state index contributed by atoms with van der Waals surface area (Å²) in [5.41, 5.74) is -0.269. The molecule has 1 amide bonds. The summed E-state index contributed by atoms with van der Waals surface area (Å²) >= 11 is 11.8. The Morgan fingerprint density at radius 2 is 1.69 bits per heavy atom. The number of carbonyl (C=O) groups excluding carboxylic acids is 1. The van der Waals surface area contributed by atoms with Crippen molar-refractivity contribution in [2.24, 2.45) is 0 Å². The second kappa shape index (κ2) is 9.14. The SMILES string of the molecule is Cc1cc(C2=CC(c3cc(Cl)cc(Cl)c3)(C(F)(F)F)ON2)ccc1C(=O)Nc1ccc(F)cc1F. The number of anilines is 1. The second-order valence-electron chi connectivity index (χ2n) is 7.76. The summed E-state index contributed by atoms with van der Waals surface area (Å²) in [7, 11) is 0. The smallest absolute Gasteiger partial charge is 0.319 e. The van der Waals surface area contributed by atoms with Gasteiger partial charge >= 0.3 is 6.18 Å². The Morgan fingerprint density at radius 1 is 1.00 bits per heavy atom. The predicted octanol–water partition coefficient (Wildman–Crippen LogP) is 7.17. The standard InChI is InChI=1S/C24H15Cl2F5N2O2/c1-12-6-13(2-4-18(12)22(34)32-20-5-3-17(27)10-19(20)28)21-11-23(35-33-21,24(29,30)31)14-7-15(25)9-16(26)8-14/h2-11,33H,1H3,(H,32,34). The van der Waals surface area contributed by atoms with Crippen LogP contribution in [0.4, 0.5) is 27.6 Å². The summed E-state index contributed by atoms with van der Waals surface area (Å²) in [6.45, 7) is 1.56. The molecule has 1 atom stereocenters. The van der Waals surface area contributed by atoms with E-state index >= 15 is 0 Å². The fourth-order valence-electron chi connectivity index (χ4n) is 3.62. The molecule has 1 unspecified atom stereocenters. The molecule has 11 heteroatoms. The number of aryl methyl sites for hydroxylation is 1. The van der Waals surface area contributed by atoms with E-state index in [1.54, 1.807) is 6.92 Å². The first kappa shape index (κ1) is 25.0. The number of alkyl halides is 3. The van der Waals surface area contributed by atoms with Crippen LogP contribution in [0.1, 0.15) is 27.0 Å². The fraction of sp³-hybridized carbons (Fsp3) is 0.125. The first-order valence-corrected chi connectivity index (χ1v) is 10.7. The summed E-state index contributed by atoms with van der Waals surface area (Å²) in [4.78, 5) is 17.6. The Balaban J connectivity index is 1.66. The summed E-state index contributed by atoms with van der Waals surface area (Å²) in [6, 6.07) is 10.5. The van der Waals surface area contributed by atoms with Crippen molar-refractivity contribution in [1.29, 1.82) is 0 Å². The molecular formula is C24H15Cl2F5N2O2. The molecule has 1 aliphatic rings. The maximum atomic E-state index is 14.2. The van der Waals surface area contributed by atoms with Crippen molar-refractivity contribution in [3.8, 4) is 0 Å². The molecule has 0 radical (unpaired) electrons. The van der Waals surface area contributed by atoms with E-state index in [4.69, 9.17) is 28.0 Å². The number of hydrogen-bond acceptors (Lipinski definition) is 3. The summed E-state index contributed by atoms with van der Waals surface area (Å²) < 4.78 is 69.4. The van der Waals surface area contributed by atoms with Crippen LogP contribution in [-0.2, 0) is 10.4 Å². The zero-order valence-corrected chi connectivity index (χ0v) is 19.2. The van der Waals surface area contributed by atoms with Crippen molar-refractivity contribution < 1.29 is 31.6 Å². The molecule has 3 aromatic rings. The van der Waals surface area contributed by atoms with E-state index in [0.717, 1.165) is 30.3 Å². The quantitative estimate of drug-likeness (QED) is 0.353. The molecule has 1 aliphatic heterocycles. The number of halogens is 7. The molecule has 4 nitrogen and oxygen atoms in total. The van der Waals surface area contributed by atoms with Gasteiger partial charge in [0.05, 0.1) is 11.4 Å². The van der Waals surface area contributed by atoms with E-state index in [0.29, 0.717) is 17.2 Å². The third-order valence-electron chi connectivity index (χ3n) is 5.34. The van der Waals surface area contributed by atoms with Crippen LogP contribution >= 0.6 is 23.2 Å². The van der Waals surface area contributed by atoms with E-state index in [1.165, 1.54) is 24.3 Å². The zero-order chi connectivity index (χ0) is 25.5. The highest BCUT2D eigenvalue weighted by molar-refractivity contribution is 6.34. The number of rotatable bonds is 4. The Hall–Kier alpha value is -3.14. The third-order valence-corrected chi connectivity index (χ3v) is 5.78. The van der Waals surface area contributed by atoms with Gasteiger partial charge in [-0.25, -0.2) is 8.78 Å². The van der Waals surface area contributed by atoms with Crippen LogP contribution < -0.4 is 10.8 Å². The van der Waals surface area contributed by atoms with Gasteiger partial charge in [0.15, 0.2) is 0 Å². The van der Waals surface area contributed by atoms with E-state index in [9.17, 15) is 26.7 Å². The second-order valence-corrected chi connectivity index (χ2v) is 8.63. The van der Waals surface area contributed by atoms with Crippen molar-refractivity contribution in [2.45, 2.75) is 18.7 Å². The maximum absolute atomic E-state index is 14.2. The number of carbonyl (C=O) groups is 1. The average Bonchev–Trinajstić information content (AvgIpc) is 3.22. The van der Waals surface area contributed by atoms with Crippen LogP contribution in [0.3, 0.4) is 0 Å². The van der Waals surface area contributed by atoms with Crippen molar-refractivity contribution in [3.63, 3.8) is 0 Å². The van der Waals surface area contributed by atoms with Crippen LogP contribution in [0.25, 0.3) is 5.70 Å². The number of hydrogen-bond donors (Lipinski definition) is 2. The first-order valence-electron chi connectivity index (χ1n) is 9.97. The van der Waals surface area contributed by atoms with Gasteiger partial charge in [-0.3, -0.25) is 15.1 Å². The van der Waals surface area contributed by atoms with E-state index in [2.05, 4.69) is 10.8 Å². The van der Waals surface area contributed by atoms with Gasteiger partial charge in [0.1, 0.15) is 11.6 Å². The molecule has 0 fully saturated rings. The normalized spacial score (nSPS) is 17.7. The van der Waals surface area contributed by atoms with E-state index < -0.39 is 29.3 Å². The minimum absolute atomic E-state index is 0.00180. The molecule has 2 N–H and O–H groups in total. The number of benzene rings is 3. The molecule has 35 heavy (non-hydrogen) atoms. The molecule has 182 valence electrons. The van der Waals surface area contributed by atoms with Crippen LogP contribution in [0.15, 0.2) is 60.7 Å². The van der Waals surface area contributed by atoms with E-state index in [-0.39, 0.29) is 32.6 Å². The lowest BCUT2D eigenvalue weighted by Gasteiger charge is -2.28. The highest BCUT2D eigenvalue weighted by atomic mass is 35.5. The Kier molecular flexibility index (Phi) is 6.52. The molecule has 3 aromatic carbocycles. The Bertz CT molecular complexity index is 1340. The summed E-state index contributed by atoms with van der Waals surface area (Å²) in [6.07, 6.45) is -4.01. The lowest BCUT2D eigenvalue weighted by atomic mass is 9.91. The van der Waals surface area contributed by atoms with Crippen LogP contribution in [0, 0.1) is 18.6 Å². The van der Waals surface area contributed by atoms with Crippen molar-refractivity contribution in [2.75, 3.05) is 5.32 Å². The van der Waals surface area contributed by atoms with Crippen molar-refractivity contribution in [1.82, 2.24) is 5.48 Å². The maximum Gasteiger partial charge on any atom is 0.428 e. The molecule has 0 bridgehead atoms. The molecule has 0 spiro atoms. The topological polar surface area (TPSA) is 50.4 Å². The van der Waals surface area contributed by atoms with Crippen LogP contribution in [-0.4, -0.2) is 12.1 Å². The van der Waals surface area contributed by atoms with Gasteiger partial charge in [-0.1, -0.05) is 29.3 Å². The van der Waals surface area contributed by atoms with Gasteiger partial charge in [0.2, 0.25) is 5.60 Å². The summed E-state index contributed by atoms with van der Waals surface area (Å²) in [5.74, 6) is -2.42. The monoisotopic (exact) mass is 528 g/mol. The number of hydroxylamine groups is 1. The van der Waals surface area contributed by atoms with Gasteiger partial charge in [-0.05, 0) is 66.6 Å². The zero-order valence-electron chi connectivity index (χ0n) is 17.7. The van der Waals surface area contributed by atoms with Crippen molar-refractivity contribution in [3.05, 3.63) is 105 Å². The molecule has 0 aromatic heterocycles. The van der Waals surface area contributed by atoms with Gasteiger partial charge < -0.3 is 5.32 Å². The lowest BCUT2D eigenvalue weighted by Crippen LogP contribution is -2.42. The first-order chi connectivity index (χ1) is 16.4. The molecular weight excluding hydrogens is 514 g/mol. The number of amides is 1. The van der Waals surface area contributed by atoms with Gasteiger partial charge in [0, 0.05) is 27.2 Å². The van der Waals surface area contributed by atoms with E-state index in [1.807, 2.05) is 0 Å². The highest BCUT2D eigenvalue weighted by Gasteiger charge is 2.59. The highest BCUT2D eigenvalue weighted by Crippen LogP contribution is 2.48. The van der Waals surface area contributed by atoms with Crippen LogP contribution in [0.5, 0.6) is 0 Å². The molecule has 4 rings (SSSR count). The largest absolute Gasteiger partial charge is 0.428 e. The molecule has 0 aliphatic carbocycles. The minimum Gasteiger partial charge on any atom is -0.319 e. The predicted molar refractivity (Wildman–Crippen MR) is 122 cm³/mol. The third kappa shape index (κ3) is 4.84. The Morgan fingerprint density at radius 3 is 2.29 bits per heavy atom. The van der Waals surface area contributed by atoms with Gasteiger partial charge in [-0.2, -0.15) is 13.2 Å². The fourth-order valence-corrected chi connectivity index (χ4v) is 4.15. The van der Waals surface area contributed by atoms with Gasteiger partial charge in [-0.15, -0.1) is 0 Å². The minimum atomic E-state index is -4.87.